The van der Waals surface area contributed by atoms with E-state index in [1.807, 2.05) is 0 Å². The van der Waals surface area contributed by atoms with Crippen molar-refractivity contribution < 1.29 is 4.79 Å². The number of rotatable bonds is 0. The highest BCUT2D eigenvalue weighted by atomic mass is 16.1. The summed E-state index contributed by atoms with van der Waals surface area (Å²) in [6, 6.07) is 0. The molecule has 2 bridgehead atoms. The molecule has 0 aliphatic heterocycles. The van der Waals surface area contributed by atoms with Crippen molar-refractivity contribution in [3.63, 3.8) is 0 Å². The Kier molecular flexibility index (Phi) is 2.48. The van der Waals surface area contributed by atoms with Crippen LogP contribution < -0.4 is 0 Å². The summed E-state index contributed by atoms with van der Waals surface area (Å²) in [5.74, 6) is 3.61. The molecule has 1 spiro atoms. The van der Waals surface area contributed by atoms with E-state index in [0.717, 1.165) is 18.8 Å². The van der Waals surface area contributed by atoms with E-state index in [1.54, 1.807) is 0 Å². The molecule has 0 saturated heterocycles. The van der Waals surface area contributed by atoms with Gasteiger partial charge in [-0.1, -0.05) is 38.8 Å². The number of allylic oxidation sites excluding steroid dienone is 2. The second-order valence-electron chi connectivity index (χ2n) is 8.82. The van der Waals surface area contributed by atoms with Gasteiger partial charge in [-0.05, 0) is 61.7 Å². The Bertz CT molecular complexity index is 500. The molecule has 4 aliphatic rings. The van der Waals surface area contributed by atoms with Crippen molar-refractivity contribution in [2.24, 2.45) is 40.4 Å². The van der Waals surface area contributed by atoms with Crippen molar-refractivity contribution in [2.45, 2.75) is 59.8 Å². The minimum Gasteiger partial charge on any atom is -0.299 e. The predicted molar refractivity (Wildman–Crippen MR) is 81.2 cm³/mol. The van der Waals surface area contributed by atoms with Crippen LogP contribution in [-0.4, -0.2) is 5.78 Å². The topological polar surface area (TPSA) is 17.1 Å². The number of ketones is 1. The van der Waals surface area contributed by atoms with Gasteiger partial charge in [-0.2, -0.15) is 0 Å². The predicted octanol–water partition coefficient (Wildman–Crippen LogP) is 4.62. The van der Waals surface area contributed by atoms with Crippen molar-refractivity contribution in [2.75, 3.05) is 0 Å². The van der Waals surface area contributed by atoms with Crippen LogP contribution in [0.2, 0.25) is 0 Å². The Balaban J connectivity index is 1.85. The van der Waals surface area contributed by atoms with Crippen molar-refractivity contribution in [1.29, 1.82) is 0 Å². The highest BCUT2D eigenvalue weighted by Gasteiger charge is 2.68. The van der Waals surface area contributed by atoms with Crippen molar-refractivity contribution in [3.05, 3.63) is 11.6 Å². The second-order valence-corrected chi connectivity index (χ2v) is 8.82. The Morgan fingerprint density at radius 3 is 2.80 bits per heavy atom. The molecule has 0 N–H and O–H groups in total. The second kappa shape index (κ2) is 3.78. The molecule has 0 aromatic rings. The Morgan fingerprint density at radius 1 is 1.30 bits per heavy atom. The third-order valence-electron chi connectivity index (χ3n) is 7.65. The van der Waals surface area contributed by atoms with Crippen molar-refractivity contribution >= 4 is 5.78 Å². The largest absolute Gasteiger partial charge is 0.299 e. The maximum Gasteiger partial charge on any atom is 0.143 e. The van der Waals surface area contributed by atoms with Crippen molar-refractivity contribution in [3.8, 4) is 0 Å². The van der Waals surface area contributed by atoms with Gasteiger partial charge in [0.15, 0.2) is 0 Å². The van der Waals surface area contributed by atoms with E-state index in [-0.39, 0.29) is 5.41 Å². The third kappa shape index (κ3) is 1.37. The maximum atomic E-state index is 13.5. The number of hydrogen-bond acceptors (Lipinski definition) is 1. The first kappa shape index (κ1) is 13.1. The molecular weight excluding hydrogens is 244 g/mol. The maximum absolute atomic E-state index is 13.5. The van der Waals surface area contributed by atoms with Gasteiger partial charge in [0.2, 0.25) is 0 Å². The van der Waals surface area contributed by atoms with Gasteiger partial charge in [0.25, 0.3) is 0 Å². The molecule has 0 aromatic carbocycles. The average Bonchev–Trinajstić information content (AvgIpc) is 2.77. The van der Waals surface area contributed by atoms with Crippen LogP contribution in [0.4, 0.5) is 0 Å². The van der Waals surface area contributed by atoms with E-state index in [0.29, 0.717) is 34.9 Å². The summed E-state index contributed by atoms with van der Waals surface area (Å²) < 4.78 is 0. The Morgan fingerprint density at radius 2 is 2.05 bits per heavy atom. The minimum absolute atomic E-state index is 0.0198. The summed E-state index contributed by atoms with van der Waals surface area (Å²) in [7, 11) is 0. The molecule has 1 heteroatoms. The van der Waals surface area contributed by atoms with Gasteiger partial charge in [-0.25, -0.2) is 0 Å². The van der Waals surface area contributed by atoms with Crippen LogP contribution in [0.5, 0.6) is 0 Å². The van der Waals surface area contributed by atoms with Gasteiger partial charge in [-0.15, -0.1) is 0 Å². The number of carbonyl (C=O) groups excluding carboxylic acids is 1. The quantitative estimate of drug-likeness (QED) is 0.588. The molecule has 3 fully saturated rings. The van der Waals surface area contributed by atoms with Crippen LogP contribution in [0.3, 0.4) is 0 Å². The van der Waals surface area contributed by atoms with E-state index < -0.39 is 0 Å². The third-order valence-corrected chi connectivity index (χ3v) is 7.65. The van der Waals surface area contributed by atoms with Crippen LogP contribution in [0.15, 0.2) is 11.6 Å². The summed E-state index contributed by atoms with van der Waals surface area (Å²) in [4.78, 5) is 13.5. The minimum atomic E-state index is 0.0198. The number of Topliss-reactive ketones (excluding diaryl/α,β-unsaturated/α-hetero) is 1. The summed E-state index contributed by atoms with van der Waals surface area (Å²) in [6.45, 7) is 9.46. The SMILES string of the molecule is CC1=CC2CCC[C@]23C(=O)[C@@H](C1)[C@H]1[C@@H](C[C@H]3C)C1(C)C. The molecular formula is C19H28O. The lowest BCUT2D eigenvalue weighted by Crippen LogP contribution is -2.42. The van der Waals surface area contributed by atoms with Crippen molar-refractivity contribution in [1.82, 2.24) is 0 Å². The van der Waals surface area contributed by atoms with Crippen LogP contribution in [0.1, 0.15) is 59.8 Å². The van der Waals surface area contributed by atoms with E-state index in [1.165, 1.54) is 24.8 Å². The van der Waals surface area contributed by atoms with Gasteiger partial charge >= 0.3 is 0 Å². The lowest BCUT2D eigenvalue weighted by Gasteiger charge is -2.39. The molecule has 4 rings (SSSR count). The summed E-state index contributed by atoms with van der Waals surface area (Å²) >= 11 is 0. The normalized spacial score (nSPS) is 52.5. The van der Waals surface area contributed by atoms with E-state index in [9.17, 15) is 4.79 Å². The van der Waals surface area contributed by atoms with Crippen LogP contribution in [-0.2, 0) is 4.79 Å². The zero-order chi connectivity index (χ0) is 14.3. The molecule has 1 nitrogen and oxygen atoms in total. The summed E-state index contributed by atoms with van der Waals surface area (Å²) in [5.41, 5.74) is 1.92. The first-order valence-electron chi connectivity index (χ1n) is 8.60. The molecule has 0 aromatic heterocycles. The lowest BCUT2D eigenvalue weighted by molar-refractivity contribution is -0.137. The standard InChI is InChI=1S/C19H28O/c1-11-8-13-6-5-7-19(13)12(2)10-15-16(18(15,3)4)14(9-11)17(19)20/h8,12-16H,5-7,9-10H2,1-4H3/t12-,13?,14+,15-,16+,19-/m1/s1. The first-order chi connectivity index (χ1) is 9.39. The summed E-state index contributed by atoms with van der Waals surface area (Å²) in [5, 5.41) is 0. The Labute approximate surface area is 123 Å². The number of fused-ring (bicyclic) bond motifs is 3. The molecule has 0 amide bonds. The molecule has 3 saturated carbocycles. The number of carbonyl (C=O) groups is 1. The molecule has 1 unspecified atom stereocenters. The van der Waals surface area contributed by atoms with Gasteiger partial charge in [0, 0.05) is 11.3 Å². The lowest BCUT2D eigenvalue weighted by atomic mass is 9.63. The highest BCUT2D eigenvalue weighted by molar-refractivity contribution is 5.90. The monoisotopic (exact) mass is 272 g/mol. The van der Waals surface area contributed by atoms with Crippen LogP contribution >= 0.6 is 0 Å². The van der Waals surface area contributed by atoms with Crippen LogP contribution in [0, 0.1) is 40.4 Å². The molecule has 6 atom stereocenters. The van der Waals surface area contributed by atoms with Gasteiger partial charge in [0.05, 0.1) is 0 Å². The van der Waals surface area contributed by atoms with E-state index in [4.69, 9.17) is 0 Å². The van der Waals surface area contributed by atoms with Gasteiger partial charge in [-0.3, -0.25) is 4.79 Å². The molecule has 0 radical (unpaired) electrons. The zero-order valence-electron chi connectivity index (χ0n) is 13.4. The zero-order valence-corrected chi connectivity index (χ0v) is 13.4. The number of hydrogen-bond donors (Lipinski definition) is 0. The van der Waals surface area contributed by atoms with E-state index in [2.05, 4.69) is 33.8 Å². The highest BCUT2D eigenvalue weighted by Crippen LogP contribution is 2.71. The molecule has 4 aliphatic carbocycles. The fourth-order valence-electron chi connectivity index (χ4n) is 6.56. The molecule has 110 valence electrons. The summed E-state index contributed by atoms with van der Waals surface area (Å²) in [6.07, 6.45) is 8.52. The molecule has 20 heavy (non-hydrogen) atoms. The fourth-order valence-corrected chi connectivity index (χ4v) is 6.56. The first-order valence-corrected chi connectivity index (χ1v) is 8.60. The average molecular weight is 272 g/mol. The molecule has 0 heterocycles. The van der Waals surface area contributed by atoms with Gasteiger partial charge in [0.1, 0.15) is 5.78 Å². The smallest absolute Gasteiger partial charge is 0.143 e. The van der Waals surface area contributed by atoms with Gasteiger partial charge < -0.3 is 0 Å². The van der Waals surface area contributed by atoms with E-state index >= 15 is 0 Å². The Hall–Kier alpha value is -0.590. The van der Waals surface area contributed by atoms with Crippen LogP contribution in [0.25, 0.3) is 0 Å². The fraction of sp³-hybridized carbons (Fsp3) is 0.842.